The minimum atomic E-state index is 0.0671. The molecule has 0 radical (unpaired) electrons. The van der Waals surface area contributed by atoms with Crippen molar-refractivity contribution in [2.75, 3.05) is 7.11 Å². The smallest absolute Gasteiger partial charge is 0.224 e. The Hall–Kier alpha value is -1.22. The second kappa shape index (κ2) is 5.70. The Kier molecular flexibility index (Phi) is 3.79. The van der Waals surface area contributed by atoms with Crippen molar-refractivity contribution in [2.45, 2.75) is 50.5 Å². The van der Waals surface area contributed by atoms with Gasteiger partial charge in [-0.15, -0.1) is 0 Å². The van der Waals surface area contributed by atoms with Crippen molar-refractivity contribution in [3.63, 3.8) is 0 Å². The topological polar surface area (TPSA) is 38.3 Å². The van der Waals surface area contributed by atoms with Crippen LogP contribution in [0, 0.1) is 17.8 Å². The van der Waals surface area contributed by atoms with E-state index in [1.165, 1.54) is 38.5 Å². The second-order valence-electron chi connectivity index (χ2n) is 7.88. The van der Waals surface area contributed by atoms with Crippen LogP contribution in [0.3, 0.4) is 0 Å². The van der Waals surface area contributed by atoms with E-state index in [2.05, 4.69) is 5.32 Å². The molecule has 4 heteroatoms. The third-order valence-electron chi connectivity index (χ3n) is 6.04. The van der Waals surface area contributed by atoms with Gasteiger partial charge in [0.2, 0.25) is 5.91 Å². The Balaban J connectivity index is 1.47. The normalized spacial score (nSPS) is 34.4. The number of amides is 1. The van der Waals surface area contributed by atoms with Crippen molar-refractivity contribution in [1.29, 1.82) is 0 Å². The van der Waals surface area contributed by atoms with Crippen molar-refractivity contribution >= 4 is 17.5 Å². The van der Waals surface area contributed by atoms with E-state index < -0.39 is 0 Å². The molecule has 4 aliphatic carbocycles. The van der Waals surface area contributed by atoms with Gasteiger partial charge in [0.25, 0.3) is 0 Å². The highest BCUT2D eigenvalue weighted by molar-refractivity contribution is 6.30. The van der Waals surface area contributed by atoms with E-state index in [9.17, 15) is 4.79 Å². The van der Waals surface area contributed by atoms with E-state index in [-0.39, 0.29) is 11.4 Å². The highest BCUT2D eigenvalue weighted by Gasteiger charge is 2.51. The minimum Gasteiger partial charge on any atom is -0.496 e. The molecule has 4 fully saturated rings. The van der Waals surface area contributed by atoms with Gasteiger partial charge < -0.3 is 10.1 Å². The fraction of sp³-hybridized carbons (Fsp3) is 0.632. The average molecular weight is 334 g/mol. The maximum absolute atomic E-state index is 12.7. The number of hydrogen-bond acceptors (Lipinski definition) is 2. The predicted molar refractivity (Wildman–Crippen MR) is 90.8 cm³/mol. The molecule has 4 saturated carbocycles. The Bertz CT molecular complexity index is 593. The summed E-state index contributed by atoms with van der Waals surface area (Å²) in [6.07, 6.45) is 8.03. The lowest BCUT2D eigenvalue weighted by Crippen LogP contribution is -2.60. The summed E-state index contributed by atoms with van der Waals surface area (Å²) in [6, 6.07) is 5.45. The molecule has 0 aliphatic heterocycles. The number of halogens is 1. The summed E-state index contributed by atoms with van der Waals surface area (Å²) >= 11 is 6.07. The standard InChI is InChI=1S/C19H24ClNO2/c1-23-17-3-2-16(20)7-15(17)8-18(22)21-19-9-12-4-13(10-19)6-14(5-12)11-19/h2-3,7,12-14H,4-6,8-11H2,1H3,(H,21,22). The first-order valence-electron chi connectivity index (χ1n) is 8.69. The van der Waals surface area contributed by atoms with Crippen molar-refractivity contribution in [3.8, 4) is 5.75 Å². The number of carbonyl (C=O) groups is 1. The zero-order valence-electron chi connectivity index (χ0n) is 13.6. The number of ether oxygens (including phenoxy) is 1. The van der Waals surface area contributed by atoms with E-state index in [0.29, 0.717) is 11.4 Å². The molecule has 0 aromatic heterocycles. The van der Waals surface area contributed by atoms with Gasteiger partial charge in [-0.3, -0.25) is 4.79 Å². The Morgan fingerprint density at radius 2 is 1.83 bits per heavy atom. The minimum absolute atomic E-state index is 0.0671. The van der Waals surface area contributed by atoms with Gasteiger partial charge in [-0.05, 0) is 74.5 Å². The number of nitrogens with one attached hydrogen (secondary N) is 1. The first kappa shape index (κ1) is 15.3. The van der Waals surface area contributed by atoms with Gasteiger partial charge in [-0.2, -0.15) is 0 Å². The van der Waals surface area contributed by atoms with Crippen molar-refractivity contribution < 1.29 is 9.53 Å². The first-order chi connectivity index (χ1) is 11.0. The third-order valence-corrected chi connectivity index (χ3v) is 6.27. The molecule has 1 aromatic rings. The van der Waals surface area contributed by atoms with Crippen LogP contribution in [0.25, 0.3) is 0 Å². The van der Waals surface area contributed by atoms with Crippen LogP contribution in [0.4, 0.5) is 0 Å². The number of hydrogen-bond donors (Lipinski definition) is 1. The Labute approximate surface area is 142 Å². The van der Waals surface area contributed by atoms with Crippen molar-refractivity contribution in [2.24, 2.45) is 17.8 Å². The second-order valence-corrected chi connectivity index (χ2v) is 8.32. The molecule has 1 N–H and O–H groups in total. The van der Waals surface area contributed by atoms with Gasteiger partial charge in [0.1, 0.15) is 5.75 Å². The van der Waals surface area contributed by atoms with Crippen LogP contribution >= 0.6 is 11.6 Å². The summed E-state index contributed by atoms with van der Waals surface area (Å²) in [5, 5.41) is 4.05. The zero-order chi connectivity index (χ0) is 16.0. The summed E-state index contributed by atoms with van der Waals surface area (Å²) in [6.45, 7) is 0. The molecule has 5 rings (SSSR count). The average Bonchev–Trinajstić information content (AvgIpc) is 2.45. The van der Waals surface area contributed by atoms with Gasteiger partial charge in [-0.25, -0.2) is 0 Å². The highest BCUT2D eigenvalue weighted by atomic mass is 35.5. The molecule has 3 nitrogen and oxygen atoms in total. The van der Waals surface area contributed by atoms with Crippen LogP contribution in [0.5, 0.6) is 5.75 Å². The molecule has 0 unspecified atom stereocenters. The van der Waals surface area contributed by atoms with E-state index in [0.717, 1.165) is 29.1 Å². The van der Waals surface area contributed by atoms with Crippen LogP contribution < -0.4 is 10.1 Å². The van der Waals surface area contributed by atoms with Gasteiger partial charge in [0.15, 0.2) is 0 Å². The summed E-state index contributed by atoms with van der Waals surface area (Å²) in [4.78, 5) is 12.7. The molecule has 0 spiro atoms. The van der Waals surface area contributed by atoms with Crippen molar-refractivity contribution in [3.05, 3.63) is 28.8 Å². The predicted octanol–water partition coefficient (Wildman–Crippen LogP) is 3.98. The summed E-state index contributed by atoms with van der Waals surface area (Å²) in [5.41, 5.74) is 0.930. The molecule has 23 heavy (non-hydrogen) atoms. The van der Waals surface area contributed by atoms with Crippen LogP contribution in [0.15, 0.2) is 18.2 Å². The molecule has 124 valence electrons. The van der Waals surface area contributed by atoms with Gasteiger partial charge in [0, 0.05) is 16.1 Å². The molecule has 0 atom stereocenters. The van der Waals surface area contributed by atoms with Gasteiger partial charge >= 0.3 is 0 Å². The lowest BCUT2D eigenvalue weighted by atomic mass is 9.53. The molecule has 4 aliphatic rings. The first-order valence-corrected chi connectivity index (χ1v) is 9.06. The molecule has 0 saturated heterocycles. The van der Waals surface area contributed by atoms with E-state index in [1.54, 1.807) is 13.2 Å². The van der Waals surface area contributed by atoms with Crippen LogP contribution in [-0.2, 0) is 11.2 Å². The Morgan fingerprint density at radius 1 is 1.22 bits per heavy atom. The summed E-state index contributed by atoms with van der Waals surface area (Å²) in [5.74, 6) is 3.34. The van der Waals surface area contributed by atoms with Crippen molar-refractivity contribution in [1.82, 2.24) is 5.32 Å². The third kappa shape index (κ3) is 2.96. The quantitative estimate of drug-likeness (QED) is 0.905. The monoisotopic (exact) mass is 333 g/mol. The van der Waals surface area contributed by atoms with E-state index in [1.807, 2.05) is 12.1 Å². The molecule has 4 bridgehead atoms. The SMILES string of the molecule is COc1ccc(Cl)cc1CC(=O)NC12CC3CC(CC(C3)C1)C2. The lowest BCUT2D eigenvalue weighted by Gasteiger charge is -2.56. The fourth-order valence-electron chi connectivity index (χ4n) is 5.66. The number of carbonyl (C=O) groups excluding carboxylic acids is 1. The molecule has 0 heterocycles. The van der Waals surface area contributed by atoms with Crippen LogP contribution in [0.2, 0.25) is 5.02 Å². The summed E-state index contributed by atoms with van der Waals surface area (Å²) < 4.78 is 5.36. The number of methoxy groups -OCH3 is 1. The molecular weight excluding hydrogens is 310 g/mol. The zero-order valence-corrected chi connectivity index (χ0v) is 14.4. The largest absolute Gasteiger partial charge is 0.496 e. The molecule has 1 aromatic carbocycles. The van der Waals surface area contributed by atoms with Gasteiger partial charge in [-0.1, -0.05) is 11.6 Å². The lowest BCUT2D eigenvalue weighted by molar-refractivity contribution is -0.126. The van der Waals surface area contributed by atoms with Crippen LogP contribution in [0.1, 0.15) is 44.1 Å². The maximum Gasteiger partial charge on any atom is 0.224 e. The maximum atomic E-state index is 12.7. The highest BCUT2D eigenvalue weighted by Crippen LogP contribution is 2.55. The van der Waals surface area contributed by atoms with E-state index >= 15 is 0 Å². The molecular formula is C19H24ClNO2. The van der Waals surface area contributed by atoms with E-state index in [4.69, 9.17) is 16.3 Å². The van der Waals surface area contributed by atoms with Crippen LogP contribution in [-0.4, -0.2) is 18.6 Å². The summed E-state index contributed by atoms with van der Waals surface area (Å²) in [7, 11) is 1.63. The number of rotatable bonds is 4. The molecule has 1 amide bonds. The Morgan fingerprint density at radius 3 is 2.39 bits per heavy atom. The number of benzene rings is 1. The van der Waals surface area contributed by atoms with Gasteiger partial charge in [0.05, 0.1) is 13.5 Å². The fourth-order valence-corrected chi connectivity index (χ4v) is 5.86.